The molecule has 15 heavy (non-hydrogen) atoms. The van der Waals surface area contributed by atoms with Gasteiger partial charge < -0.3 is 11.1 Å². The number of nitrogens with two attached hydrogens (primary N) is 1. The van der Waals surface area contributed by atoms with E-state index >= 15 is 0 Å². The van der Waals surface area contributed by atoms with Gasteiger partial charge in [-0.2, -0.15) is 0 Å². The zero-order valence-corrected chi connectivity index (χ0v) is 9.24. The van der Waals surface area contributed by atoms with E-state index in [0.717, 1.165) is 12.3 Å². The molecular weight excluding hydrogens is 186 g/mol. The maximum absolute atomic E-state index is 5.66. The highest BCUT2D eigenvalue weighted by molar-refractivity contribution is 5.32. The molecule has 3 N–H and O–H groups in total. The quantitative estimate of drug-likeness (QED) is 0.767. The molecule has 0 bridgehead atoms. The van der Waals surface area contributed by atoms with Gasteiger partial charge in [-0.05, 0) is 43.5 Å². The third-order valence-corrected chi connectivity index (χ3v) is 3.05. The molecule has 2 rings (SSSR count). The number of likely N-dealkylation sites (N-methyl/N-ethyl adjacent to an activating group) is 1. The summed E-state index contributed by atoms with van der Waals surface area (Å²) >= 11 is 0. The fraction of sp³-hybridized carbons (Fsp3) is 0.583. The maximum atomic E-state index is 5.66. The summed E-state index contributed by atoms with van der Waals surface area (Å²) in [5.41, 5.74) is 6.94. The highest BCUT2D eigenvalue weighted by Crippen LogP contribution is 2.34. The predicted molar refractivity (Wildman–Crippen MR) is 62.5 cm³/mol. The van der Waals surface area contributed by atoms with Crippen molar-refractivity contribution >= 4 is 5.82 Å². The summed E-state index contributed by atoms with van der Waals surface area (Å²) in [5, 5.41) is 3.38. The third kappa shape index (κ3) is 3.20. The average molecular weight is 205 g/mol. The van der Waals surface area contributed by atoms with Gasteiger partial charge in [-0.25, -0.2) is 4.98 Å². The number of hydrogen-bond donors (Lipinski definition) is 2. The molecular formula is C12H19N3. The zero-order chi connectivity index (χ0) is 10.7. The standard InChI is InChI=1S/C12H19N3/c1-14-11(6-9-2-3-9)7-10-4-5-15-12(13)8-10/h4-5,8-9,11,14H,2-3,6-7H2,1H3,(H2,13,15). The molecule has 82 valence electrons. The molecule has 0 aromatic carbocycles. The zero-order valence-electron chi connectivity index (χ0n) is 9.24. The smallest absolute Gasteiger partial charge is 0.123 e. The van der Waals surface area contributed by atoms with Crippen LogP contribution in [0.15, 0.2) is 18.3 Å². The van der Waals surface area contributed by atoms with Gasteiger partial charge in [-0.3, -0.25) is 0 Å². The fourth-order valence-electron chi connectivity index (χ4n) is 1.97. The second kappa shape index (κ2) is 4.62. The van der Waals surface area contributed by atoms with E-state index in [1.807, 2.05) is 19.2 Å². The maximum Gasteiger partial charge on any atom is 0.123 e. The summed E-state index contributed by atoms with van der Waals surface area (Å²) in [6, 6.07) is 4.60. The number of nitrogens with zero attached hydrogens (tertiary/aromatic N) is 1. The van der Waals surface area contributed by atoms with Gasteiger partial charge in [0.25, 0.3) is 0 Å². The Balaban J connectivity index is 1.92. The van der Waals surface area contributed by atoms with Crippen LogP contribution >= 0.6 is 0 Å². The van der Waals surface area contributed by atoms with E-state index in [1.54, 1.807) is 6.20 Å². The Morgan fingerprint density at radius 2 is 2.40 bits per heavy atom. The van der Waals surface area contributed by atoms with Crippen molar-refractivity contribution in [3.63, 3.8) is 0 Å². The van der Waals surface area contributed by atoms with E-state index in [2.05, 4.69) is 10.3 Å². The number of anilines is 1. The summed E-state index contributed by atoms with van der Waals surface area (Å²) in [6.45, 7) is 0. The van der Waals surface area contributed by atoms with Gasteiger partial charge in [0, 0.05) is 12.2 Å². The van der Waals surface area contributed by atoms with E-state index < -0.39 is 0 Å². The highest BCUT2D eigenvalue weighted by Gasteiger charge is 2.24. The molecule has 1 aliphatic carbocycles. The van der Waals surface area contributed by atoms with Gasteiger partial charge in [0.1, 0.15) is 5.82 Å². The summed E-state index contributed by atoms with van der Waals surface area (Å²) in [4.78, 5) is 4.00. The lowest BCUT2D eigenvalue weighted by Crippen LogP contribution is -2.28. The molecule has 0 spiro atoms. The van der Waals surface area contributed by atoms with Crippen molar-refractivity contribution < 1.29 is 0 Å². The second-order valence-electron chi connectivity index (χ2n) is 4.46. The van der Waals surface area contributed by atoms with Crippen molar-refractivity contribution in [3.8, 4) is 0 Å². The Morgan fingerprint density at radius 3 is 3.00 bits per heavy atom. The van der Waals surface area contributed by atoms with Gasteiger partial charge in [-0.15, -0.1) is 0 Å². The van der Waals surface area contributed by atoms with Gasteiger partial charge >= 0.3 is 0 Å². The monoisotopic (exact) mass is 205 g/mol. The molecule has 1 fully saturated rings. The SMILES string of the molecule is CNC(Cc1ccnc(N)c1)CC1CC1. The minimum absolute atomic E-state index is 0.583. The molecule has 1 unspecified atom stereocenters. The number of aromatic nitrogens is 1. The molecule has 1 aromatic heterocycles. The Labute approximate surface area is 91.1 Å². The van der Waals surface area contributed by atoms with E-state index in [9.17, 15) is 0 Å². The van der Waals surface area contributed by atoms with Crippen LogP contribution in [0.2, 0.25) is 0 Å². The summed E-state index contributed by atoms with van der Waals surface area (Å²) in [7, 11) is 2.04. The van der Waals surface area contributed by atoms with Crippen LogP contribution in [0.4, 0.5) is 5.82 Å². The lowest BCUT2D eigenvalue weighted by Gasteiger charge is -2.15. The largest absolute Gasteiger partial charge is 0.384 e. The predicted octanol–water partition coefficient (Wildman–Crippen LogP) is 1.59. The Kier molecular flexibility index (Phi) is 3.21. The van der Waals surface area contributed by atoms with Crippen molar-refractivity contribution in [2.45, 2.75) is 31.7 Å². The molecule has 1 saturated carbocycles. The number of nitrogens with one attached hydrogen (secondary N) is 1. The molecule has 3 nitrogen and oxygen atoms in total. The molecule has 1 heterocycles. The van der Waals surface area contributed by atoms with E-state index in [0.29, 0.717) is 11.9 Å². The van der Waals surface area contributed by atoms with E-state index in [-0.39, 0.29) is 0 Å². The molecule has 0 radical (unpaired) electrons. The second-order valence-corrected chi connectivity index (χ2v) is 4.46. The van der Waals surface area contributed by atoms with Crippen LogP contribution in [0.1, 0.15) is 24.8 Å². The minimum atomic E-state index is 0.583. The van der Waals surface area contributed by atoms with Crippen molar-refractivity contribution in [2.24, 2.45) is 5.92 Å². The molecule has 1 atom stereocenters. The first-order valence-electron chi connectivity index (χ1n) is 5.65. The fourth-order valence-corrected chi connectivity index (χ4v) is 1.97. The Morgan fingerprint density at radius 1 is 1.60 bits per heavy atom. The van der Waals surface area contributed by atoms with Gasteiger partial charge in [0.2, 0.25) is 0 Å². The average Bonchev–Trinajstić information content (AvgIpc) is 3.01. The number of pyridine rings is 1. The molecule has 0 amide bonds. The number of nitrogen functional groups attached to an aromatic ring is 1. The van der Waals surface area contributed by atoms with Crippen LogP contribution in [0.5, 0.6) is 0 Å². The molecule has 1 aromatic rings. The number of hydrogen-bond acceptors (Lipinski definition) is 3. The lowest BCUT2D eigenvalue weighted by atomic mass is 10.0. The van der Waals surface area contributed by atoms with Gasteiger partial charge in [0.05, 0.1) is 0 Å². The van der Waals surface area contributed by atoms with Crippen molar-refractivity contribution in [1.82, 2.24) is 10.3 Å². The first-order chi connectivity index (χ1) is 7.28. The van der Waals surface area contributed by atoms with Crippen LogP contribution in [0.3, 0.4) is 0 Å². The van der Waals surface area contributed by atoms with Crippen LogP contribution in [0.25, 0.3) is 0 Å². The molecule has 3 heteroatoms. The topological polar surface area (TPSA) is 50.9 Å². The molecule has 1 aliphatic rings. The Hall–Kier alpha value is -1.09. The normalized spacial score (nSPS) is 17.7. The third-order valence-electron chi connectivity index (χ3n) is 3.05. The van der Waals surface area contributed by atoms with Crippen LogP contribution in [-0.2, 0) is 6.42 Å². The van der Waals surface area contributed by atoms with Crippen molar-refractivity contribution in [3.05, 3.63) is 23.9 Å². The first-order valence-corrected chi connectivity index (χ1v) is 5.65. The summed E-state index contributed by atoms with van der Waals surface area (Å²) in [6.07, 6.45) is 6.96. The van der Waals surface area contributed by atoms with Gasteiger partial charge in [0.15, 0.2) is 0 Å². The minimum Gasteiger partial charge on any atom is -0.384 e. The summed E-state index contributed by atoms with van der Waals surface area (Å²) in [5.74, 6) is 1.58. The van der Waals surface area contributed by atoms with E-state index in [4.69, 9.17) is 5.73 Å². The number of rotatable bonds is 5. The lowest BCUT2D eigenvalue weighted by molar-refractivity contribution is 0.490. The van der Waals surface area contributed by atoms with Gasteiger partial charge in [-0.1, -0.05) is 12.8 Å². The highest BCUT2D eigenvalue weighted by atomic mass is 14.9. The first kappa shape index (κ1) is 10.4. The molecule has 0 aliphatic heterocycles. The van der Waals surface area contributed by atoms with E-state index in [1.165, 1.54) is 24.8 Å². The van der Waals surface area contributed by atoms with Crippen molar-refractivity contribution in [1.29, 1.82) is 0 Å². The Bertz CT molecular complexity index is 320. The van der Waals surface area contributed by atoms with Crippen LogP contribution < -0.4 is 11.1 Å². The molecule has 0 saturated heterocycles. The van der Waals surface area contributed by atoms with Crippen LogP contribution in [0, 0.1) is 5.92 Å². The summed E-state index contributed by atoms with van der Waals surface area (Å²) < 4.78 is 0. The van der Waals surface area contributed by atoms with Crippen LogP contribution in [-0.4, -0.2) is 18.1 Å². The van der Waals surface area contributed by atoms with Crippen molar-refractivity contribution in [2.75, 3.05) is 12.8 Å².